The van der Waals surface area contributed by atoms with Crippen molar-refractivity contribution in [3.63, 3.8) is 0 Å². The Balaban J connectivity index is 3.27. The van der Waals surface area contributed by atoms with Crippen LogP contribution in [0.2, 0.25) is 6.32 Å². The molecule has 0 rings (SSSR count). The molecular formula is C6H9BF2NO2. The molecule has 0 bridgehead atoms. The van der Waals surface area contributed by atoms with Gasteiger partial charge in [0.15, 0.2) is 7.28 Å². The summed E-state index contributed by atoms with van der Waals surface area (Å²) in [7, 11) is 1.27. The maximum Gasteiger partial charge on any atom is 0.255 e. The zero-order valence-electron chi connectivity index (χ0n) is 6.43. The maximum absolute atomic E-state index is 11.5. The van der Waals surface area contributed by atoms with Crippen LogP contribution < -0.4 is 5.32 Å². The van der Waals surface area contributed by atoms with Gasteiger partial charge in [0.25, 0.3) is 6.43 Å². The molecule has 0 aromatic rings. The molecule has 0 unspecified atom stereocenters. The third-order valence-corrected chi connectivity index (χ3v) is 1.09. The monoisotopic (exact) mass is 176 g/mol. The van der Waals surface area contributed by atoms with Crippen molar-refractivity contribution in [1.82, 2.24) is 5.32 Å². The summed E-state index contributed by atoms with van der Waals surface area (Å²) >= 11 is 0. The van der Waals surface area contributed by atoms with Crippen molar-refractivity contribution in [2.75, 3.05) is 6.54 Å². The Labute approximate surface area is 69.8 Å². The van der Waals surface area contributed by atoms with Crippen LogP contribution in [0.4, 0.5) is 8.78 Å². The summed E-state index contributed by atoms with van der Waals surface area (Å²) in [6.45, 7) is -0.625. The van der Waals surface area contributed by atoms with Crippen LogP contribution in [0.15, 0.2) is 0 Å². The van der Waals surface area contributed by atoms with Gasteiger partial charge in [0.05, 0.1) is 12.7 Å². The number of rotatable bonds is 6. The maximum atomic E-state index is 11.5. The number of halogens is 2. The highest BCUT2D eigenvalue weighted by Gasteiger charge is 2.05. The number of amides is 1. The topological polar surface area (TPSA) is 46.2 Å². The largest absolute Gasteiger partial charge is 0.350 e. The highest BCUT2D eigenvalue weighted by molar-refractivity contribution is 6.66. The van der Waals surface area contributed by atoms with Crippen LogP contribution in [0.1, 0.15) is 6.42 Å². The van der Waals surface area contributed by atoms with E-state index in [2.05, 4.69) is 0 Å². The third kappa shape index (κ3) is 7.18. The van der Waals surface area contributed by atoms with Gasteiger partial charge in [-0.25, -0.2) is 8.78 Å². The van der Waals surface area contributed by atoms with Gasteiger partial charge in [-0.15, -0.1) is 0 Å². The molecule has 0 heterocycles. The first-order chi connectivity index (χ1) is 5.66. The van der Waals surface area contributed by atoms with E-state index in [1.54, 1.807) is 0 Å². The van der Waals surface area contributed by atoms with Gasteiger partial charge in [0.2, 0.25) is 5.91 Å². The zero-order valence-corrected chi connectivity index (χ0v) is 6.43. The van der Waals surface area contributed by atoms with E-state index in [0.29, 0.717) is 12.5 Å². The van der Waals surface area contributed by atoms with E-state index < -0.39 is 18.9 Å². The van der Waals surface area contributed by atoms with Crippen LogP contribution in [-0.4, -0.2) is 32.3 Å². The molecule has 0 spiro atoms. The van der Waals surface area contributed by atoms with E-state index in [1.807, 2.05) is 5.32 Å². The number of hydrogen-bond acceptors (Lipinski definition) is 2. The lowest BCUT2D eigenvalue weighted by Gasteiger charge is -2.01. The van der Waals surface area contributed by atoms with Crippen molar-refractivity contribution >= 4 is 19.4 Å². The minimum absolute atomic E-state index is 0.0749. The van der Waals surface area contributed by atoms with Crippen molar-refractivity contribution in [3.05, 3.63) is 0 Å². The predicted octanol–water partition coefficient (Wildman–Crippen LogP) is 0.0705. The van der Waals surface area contributed by atoms with Crippen LogP contribution >= 0.6 is 0 Å². The minimum Gasteiger partial charge on any atom is -0.350 e. The molecule has 0 fully saturated rings. The second-order valence-corrected chi connectivity index (χ2v) is 2.11. The van der Waals surface area contributed by atoms with Crippen molar-refractivity contribution in [1.29, 1.82) is 0 Å². The molecular weight excluding hydrogens is 167 g/mol. The first kappa shape index (κ1) is 11.1. The van der Waals surface area contributed by atoms with Gasteiger partial charge < -0.3 is 10.1 Å². The molecule has 3 nitrogen and oxygen atoms in total. The molecule has 1 radical (unpaired) electrons. The molecule has 0 aliphatic rings. The van der Waals surface area contributed by atoms with Gasteiger partial charge in [-0.1, -0.05) is 6.32 Å². The van der Waals surface area contributed by atoms with Gasteiger partial charge >= 0.3 is 0 Å². The Morgan fingerprint density at radius 3 is 2.75 bits per heavy atom. The normalized spacial score (nSPS) is 9.58. The first-order valence-corrected chi connectivity index (χ1v) is 3.48. The lowest BCUT2D eigenvalue weighted by molar-refractivity contribution is -0.121. The minimum atomic E-state index is -2.52. The average Bonchev–Trinajstić information content (AvgIpc) is 2.01. The van der Waals surface area contributed by atoms with Crippen molar-refractivity contribution in [3.8, 4) is 0 Å². The predicted molar refractivity (Wildman–Crippen MR) is 40.9 cm³/mol. The third-order valence-electron chi connectivity index (χ3n) is 1.09. The van der Waals surface area contributed by atoms with Crippen molar-refractivity contribution in [2.24, 2.45) is 0 Å². The van der Waals surface area contributed by atoms with Gasteiger partial charge in [-0.05, 0) is 0 Å². The van der Waals surface area contributed by atoms with Gasteiger partial charge in [0.1, 0.15) is 0 Å². The van der Waals surface area contributed by atoms with Gasteiger partial charge in [-0.3, -0.25) is 4.79 Å². The van der Waals surface area contributed by atoms with E-state index >= 15 is 0 Å². The molecule has 0 saturated carbocycles. The van der Waals surface area contributed by atoms with Gasteiger partial charge in [-0.2, -0.15) is 0 Å². The molecule has 0 atom stereocenters. The van der Waals surface area contributed by atoms with Crippen LogP contribution in [-0.2, 0) is 9.59 Å². The van der Waals surface area contributed by atoms with Crippen LogP contribution in [0.25, 0.3) is 0 Å². The standard InChI is InChI=1S/C6H9BF2NO2/c8-5(9)3-10-6(12)1-2-7-4-11/h4-5H,1-3H2,(H,10,12). The van der Waals surface area contributed by atoms with Gasteiger partial charge in [0, 0.05) is 6.42 Å². The lowest BCUT2D eigenvalue weighted by Crippen LogP contribution is -2.28. The Hall–Kier alpha value is -0.935. The smallest absolute Gasteiger partial charge is 0.255 e. The van der Waals surface area contributed by atoms with E-state index in [4.69, 9.17) is 0 Å². The summed E-state index contributed by atoms with van der Waals surface area (Å²) in [5, 5.41) is 2.02. The molecule has 6 heteroatoms. The van der Waals surface area contributed by atoms with Crippen LogP contribution in [0, 0.1) is 0 Å². The molecule has 0 aromatic heterocycles. The molecule has 0 saturated heterocycles. The number of hydrogen-bond donors (Lipinski definition) is 1. The summed E-state index contributed by atoms with van der Waals surface area (Å²) in [6, 6.07) is 0. The van der Waals surface area contributed by atoms with Crippen LogP contribution in [0.3, 0.4) is 0 Å². The molecule has 1 amide bonds. The van der Waals surface area contributed by atoms with E-state index in [-0.39, 0.29) is 6.42 Å². The summed E-state index contributed by atoms with van der Waals surface area (Å²) in [6.07, 6.45) is -1.59. The highest BCUT2D eigenvalue weighted by atomic mass is 19.3. The Kier molecular flexibility index (Phi) is 6.23. The second kappa shape index (κ2) is 6.76. The molecule has 0 aliphatic carbocycles. The number of carbonyl (C=O) groups excluding carboxylic acids is 2. The SMILES string of the molecule is O=C[B]CCC(=O)NCC(F)F. The molecule has 12 heavy (non-hydrogen) atoms. The van der Waals surface area contributed by atoms with E-state index in [1.165, 1.54) is 7.28 Å². The quantitative estimate of drug-likeness (QED) is 0.353. The lowest BCUT2D eigenvalue weighted by atomic mass is 9.76. The highest BCUT2D eigenvalue weighted by Crippen LogP contribution is 1.91. The summed E-state index contributed by atoms with van der Waals surface area (Å²) in [4.78, 5) is 20.4. The molecule has 1 N–H and O–H groups in total. The number of carbonyl (C=O) groups is 2. The summed E-state index contributed by atoms with van der Waals surface area (Å²) in [5.41, 5.74) is 0. The summed E-state index contributed by atoms with van der Waals surface area (Å²) < 4.78 is 23.0. The Morgan fingerprint density at radius 2 is 2.25 bits per heavy atom. The zero-order chi connectivity index (χ0) is 9.40. The molecule has 0 aromatic carbocycles. The number of nitrogens with one attached hydrogen (secondary N) is 1. The molecule has 0 aliphatic heterocycles. The van der Waals surface area contributed by atoms with E-state index in [0.717, 1.165) is 0 Å². The fraction of sp³-hybridized carbons (Fsp3) is 0.667. The Bertz CT molecular complexity index is 154. The second-order valence-electron chi connectivity index (χ2n) is 2.11. The fourth-order valence-electron chi connectivity index (χ4n) is 0.562. The van der Waals surface area contributed by atoms with Crippen molar-refractivity contribution in [2.45, 2.75) is 19.2 Å². The van der Waals surface area contributed by atoms with Crippen molar-refractivity contribution < 1.29 is 18.4 Å². The Morgan fingerprint density at radius 1 is 1.58 bits per heavy atom. The average molecular weight is 176 g/mol. The van der Waals surface area contributed by atoms with E-state index in [9.17, 15) is 18.4 Å². The summed E-state index contributed by atoms with van der Waals surface area (Å²) in [5.74, 6) is -0.464. The first-order valence-electron chi connectivity index (χ1n) is 3.48. The van der Waals surface area contributed by atoms with Crippen LogP contribution in [0.5, 0.6) is 0 Å². The number of alkyl halides is 2. The fourth-order valence-corrected chi connectivity index (χ4v) is 0.562. The molecule has 67 valence electrons.